The molecule has 0 aromatic carbocycles. The lowest BCUT2D eigenvalue weighted by molar-refractivity contribution is -0.152. The Morgan fingerprint density at radius 1 is 1.40 bits per heavy atom. The maximum Gasteiger partial charge on any atom is 0.310 e. The molecule has 2 amide bonds. The zero-order chi connectivity index (χ0) is 21.7. The van der Waals surface area contributed by atoms with Gasteiger partial charge >= 0.3 is 5.97 Å². The number of rotatable bonds is 7. The van der Waals surface area contributed by atoms with Gasteiger partial charge in [-0.2, -0.15) is 0 Å². The van der Waals surface area contributed by atoms with E-state index in [1.807, 2.05) is 17.5 Å². The number of oxazole rings is 1. The quantitative estimate of drug-likeness (QED) is 0.623. The van der Waals surface area contributed by atoms with Crippen LogP contribution in [0.3, 0.4) is 0 Å². The number of carbonyl (C=O) groups is 3. The van der Waals surface area contributed by atoms with Crippen LogP contribution in [-0.2, 0) is 25.5 Å². The molecule has 1 aliphatic heterocycles. The third-order valence-electron chi connectivity index (χ3n) is 5.14. The topological polar surface area (TPSA) is 93.0 Å². The smallest absolute Gasteiger partial charge is 0.310 e. The van der Waals surface area contributed by atoms with Crippen molar-refractivity contribution < 1.29 is 23.5 Å². The lowest BCUT2D eigenvalue weighted by Gasteiger charge is -2.32. The van der Waals surface area contributed by atoms with Crippen LogP contribution < -0.4 is 0 Å². The summed E-state index contributed by atoms with van der Waals surface area (Å²) >= 11 is 1.52. The van der Waals surface area contributed by atoms with Gasteiger partial charge < -0.3 is 19.0 Å². The lowest BCUT2D eigenvalue weighted by Crippen LogP contribution is -2.47. The third-order valence-corrected chi connectivity index (χ3v) is 5.99. The fourth-order valence-corrected chi connectivity index (χ4v) is 4.07. The molecule has 2 aromatic rings. The highest BCUT2D eigenvalue weighted by molar-refractivity contribution is 7.13. The van der Waals surface area contributed by atoms with E-state index in [9.17, 15) is 14.4 Å². The summed E-state index contributed by atoms with van der Waals surface area (Å²) in [7, 11) is 1.60. The summed E-state index contributed by atoms with van der Waals surface area (Å²) in [6, 6.07) is 3.82. The van der Waals surface area contributed by atoms with Crippen molar-refractivity contribution in [3.8, 4) is 10.8 Å². The number of hydrogen-bond acceptors (Lipinski definition) is 7. The van der Waals surface area contributed by atoms with E-state index >= 15 is 0 Å². The van der Waals surface area contributed by atoms with Crippen molar-refractivity contribution in [3.63, 3.8) is 0 Å². The van der Waals surface area contributed by atoms with E-state index in [1.165, 1.54) is 16.2 Å². The Bertz CT molecular complexity index is 893. The van der Waals surface area contributed by atoms with Crippen molar-refractivity contribution in [1.29, 1.82) is 0 Å². The molecule has 0 radical (unpaired) electrons. The summed E-state index contributed by atoms with van der Waals surface area (Å²) in [5, 5.41) is 1.94. The zero-order valence-electron chi connectivity index (χ0n) is 17.6. The number of thiophene rings is 1. The van der Waals surface area contributed by atoms with Crippen LogP contribution >= 0.6 is 11.3 Å². The normalized spacial score (nSPS) is 16.4. The van der Waals surface area contributed by atoms with E-state index < -0.39 is 0 Å². The largest absolute Gasteiger partial charge is 0.466 e. The number of esters is 1. The molecule has 0 spiro atoms. The number of nitrogens with zero attached hydrogens (tertiary/aromatic N) is 3. The summed E-state index contributed by atoms with van der Waals surface area (Å²) in [6.45, 7) is 4.76. The number of hydrogen-bond donors (Lipinski definition) is 0. The van der Waals surface area contributed by atoms with E-state index in [1.54, 1.807) is 25.8 Å². The second-order valence-corrected chi connectivity index (χ2v) is 8.30. The first-order valence-corrected chi connectivity index (χ1v) is 11.0. The highest BCUT2D eigenvalue weighted by Crippen LogP contribution is 2.26. The summed E-state index contributed by atoms with van der Waals surface area (Å²) in [4.78, 5) is 45.7. The number of ether oxygens (including phenoxy) is 1. The van der Waals surface area contributed by atoms with Gasteiger partial charge in [-0.1, -0.05) is 6.07 Å². The number of aryl methyl sites for hydroxylation is 1. The van der Waals surface area contributed by atoms with E-state index in [0.717, 1.165) is 17.7 Å². The Kier molecular flexibility index (Phi) is 7.25. The molecule has 0 saturated carbocycles. The van der Waals surface area contributed by atoms with Gasteiger partial charge in [0.15, 0.2) is 0 Å². The number of piperidine rings is 1. The van der Waals surface area contributed by atoms with Gasteiger partial charge in [0.05, 0.1) is 36.1 Å². The zero-order valence-corrected chi connectivity index (χ0v) is 18.4. The maximum atomic E-state index is 12.7. The molecular formula is C21H27N3O5S. The monoisotopic (exact) mass is 433 g/mol. The van der Waals surface area contributed by atoms with Gasteiger partial charge in [-0.05, 0) is 38.1 Å². The van der Waals surface area contributed by atoms with E-state index in [4.69, 9.17) is 9.15 Å². The molecule has 9 heteroatoms. The van der Waals surface area contributed by atoms with Crippen LogP contribution in [-0.4, -0.2) is 65.9 Å². The molecule has 30 heavy (non-hydrogen) atoms. The first-order valence-electron chi connectivity index (χ1n) is 10.1. The first kappa shape index (κ1) is 22.0. The van der Waals surface area contributed by atoms with Crippen molar-refractivity contribution in [2.24, 2.45) is 5.92 Å². The van der Waals surface area contributed by atoms with Crippen LogP contribution in [0.1, 0.15) is 31.2 Å². The van der Waals surface area contributed by atoms with Gasteiger partial charge in [-0.25, -0.2) is 4.98 Å². The maximum absolute atomic E-state index is 12.7. The molecule has 2 aromatic heterocycles. The second-order valence-electron chi connectivity index (χ2n) is 7.36. The molecule has 0 bridgehead atoms. The molecule has 1 saturated heterocycles. The van der Waals surface area contributed by atoms with Crippen molar-refractivity contribution in [2.75, 3.05) is 33.3 Å². The number of amides is 2. The standard InChI is InChI=1S/C21H27N3O5S/c1-4-28-21(27)15-7-5-9-24(12-15)19(26)13-23(3)18(25)11-16-14(2)29-20(22-16)17-8-6-10-30-17/h6,8,10,15H,4-5,7,9,11-13H2,1-3H3. The molecule has 162 valence electrons. The Balaban J connectivity index is 1.55. The Morgan fingerprint density at radius 3 is 2.90 bits per heavy atom. The molecule has 3 rings (SSSR count). The predicted octanol–water partition coefficient (Wildman–Crippen LogP) is 2.51. The molecule has 1 atom stereocenters. The fourth-order valence-electron chi connectivity index (χ4n) is 3.42. The number of likely N-dealkylation sites (tertiary alicyclic amines) is 1. The highest BCUT2D eigenvalue weighted by Gasteiger charge is 2.30. The van der Waals surface area contributed by atoms with Gasteiger partial charge in [0, 0.05) is 20.1 Å². The number of aromatic nitrogens is 1. The summed E-state index contributed by atoms with van der Waals surface area (Å²) < 4.78 is 10.8. The Morgan fingerprint density at radius 2 is 2.20 bits per heavy atom. The van der Waals surface area contributed by atoms with Crippen LogP contribution in [0.15, 0.2) is 21.9 Å². The van der Waals surface area contributed by atoms with Crippen LogP contribution in [0, 0.1) is 12.8 Å². The minimum absolute atomic E-state index is 0.0386. The van der Waals surface area contributed by atoms with Crippen molar-refractivity contribution in [3.05, 3.63) is 29.0 Å². The third kappa shape index (κ3) is 5.27. The van der Waals surface area contributed by atoms with Gasteiger partial charge in [0.25, 0.3) is 0 Å². The van der Waals surface area contributed by atoms with Crippen LogP contribution in [0.25, 0.3) is 10.8 Å². The SMILES string of the molecule is CCOC(=O)C1CCCN(C(=O)CN(C)C(=O)Cc2nc(-c3cccs3)oc2C)C1. The first-order chi connectivity index (χ1) is 14.4. The van der Waals surface area contributed by atoms with Crippen molar-refractivity contribution >= 4 is 29.1 Å². The van der Waals surface area contributed by atoms with Gasteiger partial charge in [0.2, 0.25) is 17.7 Å². The molecule has 3 heterocycles. The molecule has 8 nitrogen and oxygen atoms in total. The fraction of sp³-hybridized carbons (Fsp3) is 0.524. The Labute approximate surface area is 179 Å². The highest BCUT2D eigenvalue weighted by atomic mass is 32.1. The van der Waals surface area contributed by atoms with Gasteiger partial charge in [0.1, 0.15) is 5.76 Å². The predicted molar refractivity (Wildman–Crippen MR) is 112 cm³/mol. The number of likely N-dealkylation sites (N-methyl/N-ethyl adjacent to an activating group) is 1. The van der Waals surface area contributed by atoms with Gasteiger partial charge in [-0.15, -0.1) is 11.3 Å². The molecule has 0 aliphatic carbocycles. The minimum atomic E-state index is -0.294. The van der Waals surface area contributed by atoms with Crippen LogP contribution in [0.2, 0.25) is 0 Å². The Hall–Kier alpha value is -2.68. The van der Waals surface area contributed by atoms with E-state index in [-0.39, 0.29) is 36.7 Å². The molecule has 1 fully saturated rings. The summed E-state index contributed by atoms with van der Waals surface area (Å²) in [6.07, 6.45) is 1.53. The molecule has 0 N–H and O–H groups in total. The molecule has 1 aliphatic rings. The summed E-state index contributed by atoms with van der Waals surface area (Å²) in [5.74, 6) is 0.161. The average Bonchev–Trinajstić information content (AvgIpc) is 3.38. The van der Waals surface area contributed by atoms with E-state index in [0.29, 0.717) is 37.0 Å². The van der Waals surface area contributed by atoms with Crippen LogP contribution in [0.5, 0.6) is 0 Å². The summed E-state index contributed by atoms with van der Waals surface area (Å²) in [5.41, 5.74) is 0.572. The van der Waals surface area contributed by atoms with Crippen molar-refractivity contribution in [2.45, 2.75) is 33.1 Å². The van der Waals surface area contributed by atoms with Gasteiger partial charge in [-0.3, -0.25) is 14.4 Å². The van der Waals surface area contributed by atoms with Crippen molar-refractivity contribution in [1.82, 2.24) is 14.8 Å². The second kappa shape index (κ2) is 9.88. The van der Waals surface area contributed by atoms with E-state index in [2.05, 4.69) is 4.98 Å². The lowest BCUT2D eigenvalue weighted by atomic mass is 9.98. The average molecular weight is 434 g/mol. The van der Waals surface area contributed by atoms with Crippen LogP contribution in [0.4, 0.5) is 0 Å². The minimum Gasteiger partial charge on any atom is -0.466 e. The molecule has 1 unspecified atom stereocenters. The molecular weight excluding hydrogens is 406 g/mol. The number of carbonyl (C=O) groups excluding carboxylic acids is 3.